The average Bonchev–Trinajstić information content (AvgIpc) is 3.09. The number of hydrogen-bond acceptors (Lipinski definition) is 5. The van der Waals surface area contributed by atoms with Crippen LogP contribution in [0.4, 0.5) is 4.39 Å². The van der Waals surface area contributed by atoms with Crippen LogP contribution < -0.4 is 10.1 Å². The second-order valence-corrected chi connectivity index (χ2v) is 4.44. The largest absolute Gasteiger partial charge is 0.484 e. The van der Waals surface area contributed by atoms with E-state index in [-0.39, 0.29) is 30.9 Å². The number of nitrogens with zero attached hydrogens (tertiary/aromatic N) is 2. The molecular formula is C13H15ClFN3O2. The molecule has 1 fully saturated rings. The summed E-state index contributed by atoms with van der Waals surface area (Å²) in [5.41, 5.74) is 0. The number of nitrogens with one attached hydrogen (secondary N) is 1. The predicted octanol–water partition coefficient (Wildman–Crippen LogP) is 2.63. The van der Waals surface area contributed by atoms with Gasteiger partial charge in [0.2, 0.25) is 0 Å². The van der Waals surface area contributed by atoms with Crippen LogP contribution in [0.1, 0.15) is 30.6 Å². The summed E-state index contributed by atoms with van der Waals surface area (Å²) >= 11 is 0. The van der Waals surface area contributed by atoms with Gasteiger partial charge in [-0.1, -0.05) is 5.16 Å². The Hall–Kier alpha value is -1.66. The smallest absolute Gasteiger partial charge is 0.264 e. The minimum atomic E-state index is -0.292. The monoisotopic (exact) mass is 299 g/mol. The van der Waals surface area contributed by atoms with Crippen LogP contribution in [0.2, 0.25) is 0 Å². The summed E-state index contributed by atoms with van der Waals surface area (Å²) in [4.78, 5) is 4.29. The van der Waals surface area contributed by atoms with Gasteiger partial charge in [0.05, 0.1) is 6.04 Å². The van der Waals surface area contributed by atoms with Gasteiger partial charge in [0, 0.05) is 0 Å². The van der Waals surface area contributed by atoms with Crippen LogP contribution in [-0.2, 0) is 6.61 Å². The standard InChI is InChI=1S/C13H14FN3O2.ClH/c14-9-3-5-10(6-4-9)18-8-12-16-13(17-19-12)11-2-1-7-15-11;/h3-6,11,15H,1-2,7-8H2;1H. The second-order valence-electron chi connectivity index (χ2n) is 4.44. The first-order valence-electron chi connectivity index (χ1n) is 6.25. The van der Waals surface area contributed by atoms with E-state index >= 15 is 0 Å². The van der Waals surface area contributed by atoms with E-state index in [0.717, 1.165) is 19.4 Å². The van der Waals surface area contributed by atoms with Crippen molar-refractivity contribution < 1.29 is 13.7 Å². The Balaban J connectivity index is 0.00000147. The van der Waals surface area contributed by atoms with Crippen molar-refractivity contribution in [1.29, 1.82) is 0 Å². The topological polar surface area (TPSA) is 60.2 Å². The fourth-order valence-electron chi connectivity index (χ4n) is 2.05. The number of halogens is 2. The van der Waals surface area contributed by atoms with Crippen molar-refractivity contribution in [3.05, 3.63) is 41.8 Å². The number of aromatic nitrogens is 2. The molecule has 1 unspecified atom stereocenters. The van der Waals surface area contributed by atoms with Crippen LogP contribution in [0.3, 0.4) is 0 Å². The molecule has 1 aromatic carbocycles. The van der Waals surface area contributed by atoms with Gasteiger partial charge in [0.25, 0.3) is 5.89 Å². The van der Waals surface area contributed by atoms with Crippen molar-refractivity contribution in [1.82, 2.24) is 15.5 Å². The zero-order valence-corrected chi connectivity index (χ0v) is 11.5. The zero-order valence-electron chi connectivity index (χ0n) is 10.7. The highest BCUT2D eigenvalue weighted by atomic mass is 35.5. The Morgan fingerprint density at radius 1 is 1.35 bits per heavy atom. The van der Waals surface area contributed by atoms with Gasteiger partial charge in [-0.25, -0.2) is 4.39 Å². The molecule has 108 valence electrons. The fraction of sp³-hybridized carbons (Fsp3) is 0.385. The van der Waals surface area contributed by atoms with Crippen molar-refractivity contribution in [2.24, 2.45) is 0 Å². The van der Waals surface area contributed by atoms with Gasteiger partial charge >= 0.3 is 0 Å². The molecule has 2 aromatic rings. The van der Waals surface area contributed by atoms with Gasteiger partial charge in [0.1, 0.15) is 11.6 Å². The lowest BCUT2D eigenvalue weighted by atomic mass is 10.2. The van der Waals surface area contributed by atoms with Crippen molar-refractivity contribution >= 4 is 12.4 Å². The molecule has 0 spiro atoms. The van der Waals surface area contributed by atoms with Crippen molar-refractivity contribution in [3.63, 3.8) is 0 Å². The lowest BCUT2D eigenvalue weighted by Gasteiger charge is -2.03. The highest BCUT2D eigenvalue weighted by molar-refractivity contribution is 5.85. The van der Waals surface area contributed by atoms with E-state index in [9.17, 15) is 4.39 Å². The van der Waals surface area contributed by atoms with Crippen LogP contribution in [0.15, 0.2) is 28.8 Å². The highest BCUT2D eigenvalue weighted by Gasteiger charge is 2.21. The summed E-state index contributed by atoms with van der Waals surface area (Å²) < 4.78 is 23.3. The summed E-state index contributed by atoms with van der Waals surface area (Å²) in [5, 5.41) is 7.23. The van der Waals surface area contributed by atoms with E-state index in [2.05, 4.69) is 15.5 Å². The van der Waals surface area contributed by atoms with Gasteiger partial charge in [-0.05, 0) is 43.7 Å². The van der Waals surface area contributed by atoms with E-state index in [1.54, 1.807) is 12.1 Å². The minimum absolute atomic E-state index is 0. The first-order valence-corrected chi connectivity index (χ1v) is 6.25. The molecule has 0 amide bonds. The van der Waals surface area contributed by atoms with E-state index in [4.69, 9.17) is 9.26 Å². The molecule has 1 aliphatic heterocycles. The van der Waals surface area contributed by atoms with E-state index in [0.29, 0.717) is 17.5 Å². The quantitative estimate of drug-likeness (QED) is 0.940. The Labute approximate surface area is 121 Å². The number of hydrogen-bond donors (Lipinski definition) is 1. The maximum Gasteiger partial charge on any atom is 0.264 e. The lowest BCUT2D eigenvalue weighted by Crippen LogP contribution is -2.14. The number of rotatable bonds is 4. The molecule has 0 radical (unpaired) electrons. The van der Waals surface area contributed by atoms with Crippen molar-refractivity contribution in [3.8, 4) is 5.75 Å². The molecule has 1 atom stereocenters. The van der Waals surface area contributed by atoms with Crippen molar-refractivity contribution in [2.75, 3.05) is 6.54 Å². The molecule has 5 nitrogen and oxygen atoms in total. The van der Waals surface area contributed by atoms with E-state index in [1.165, 1.54) is 12.1 Å². The SMILES string of the molecule is Cl.Fc1ccc(OCc2nc(C3CCCN3)no2)cc1. The Morgan fingerprint density at radius 3 is 2.85 bits per heavy atom. The number of benzene rings is 1. The minimum Gasteiger partial charge on any atom is -0.484 e. The Kier molecular flexibility index (Phi) is 4.92. The third-order valence-electron chi connectivity index (χ3n) is 3.03. The third-order valence-corrected chi connectivity index (χ3v) is 3.03. The fourth-order valence-corrected chi connectivity index (χ4v) is 2.05. The molecular weight excluding hydrogens is 285 g/mol. The molecule has 1 aliphatic rings. The first-order chi connectivity index (χ1) is 9.31. The maximum atomic E-state index is 12.7. The molecule has 7 heteroatoms. The molecule has 0 saturated carbocycles. The third kappa shape index (κ3) is 3.46. The van der Waals surface area contributed by atoms with Crippen LogP contribution >= 0.6 is 12.4 Å². The second kappa shape index (κ2) is 6.67. The average molecular weight is 300 g/mol. The van der Waals surface area contributed by atoms with Crippen LogP contribution in [0.5, 0.6) is 5.75 Å². The lowest BCUT2D eigenvalue weighted by molar-refractivity contribution is 0.242. The molecule has 0 aliphatic carbocycles. The van der Waals surface area contributed by atoms with Gasteiger partial charge < -0.3 is 14.6 Å². The van der Waals surface area contributed by atoms with E-state index < -0.39 is 0 Å². The predicted molar refractivity (Wildman–Crippen MR) is 72.3 cm³/mol. The molecule has 2 heterocycles. The Bertz CT molecular complexity index is 541. The van der Waals surface area contributed by atoms with Gasteiger partial charge in [-0.3, -0.25) is 0 Å². The maximum absolute atomic E-state index is 12.7. The zero-order chi connectivity index (χ0) is 13.1. The van der Waals surface area contributed by atoms with E-state index in [1.807, 2.05) is 0 Å². The van der Waals surface area contributed by atoms with Crippen LogP contribution in [0.25, 0.3) is 0 Å². The molecule has 3 rings (SSSR count). The van der Waals surface area contributed by atoms with Gasteiger partial charge in [-0.2, -0.15) is 4.98 Å². The Morgan fingerprint density at radius 2 is 2.15 bits per heavy atom. The highest BCUT2D eigenvalue weighted by Crippen LogP contribution is 2.20. The van der Waals surface area contributed by atoms with Crippen LogP contribution in [0, 0.1) is 5.82 Å². The number of ether oxygens (including phenoxy) is 1. The summed E-state index contributed by atoms with van der Waals surface area (Å²) in [7, 11) is 0. The molecule has 1 N–H and O–H groups in total. The summed E-state index contributed by atoms with van der Waals surface area (Å²) in [6.07, 6.45) is 2.15. The first kappa shape index (κ1) is 14.7. The molecule has 0 bridgehead atoms. The summed E-state index contributed by atoms with van der Waals surface area (Å²) in [6.45, 7) is 1.17. The van der Waals surface area contributed by atoms with Crippen molar-refractivity contribution in [2.45, 2.75) is 25.5 Å². The molecule has 20 heavy (non-hydrogen) atoms. The van der Waals surface area contributed by atoms with Crippen LogP contribution in [-0.4, -0.2) is 16.7 Å². The molecule has 1 aromatic heterocycles. The van der Waals surface area contributed by atoms with Gasteiger partial charge in [0.15, 0.2) is 12.4 Å². The molecule has 1 saturated heterocycles. The summed E-state index contributed by atoms with van der Waals surface area (Å²) in [6, 6.07) is 5.99. The summed E-state index contributed by atoms with van der Waals surface area (Å²) in [5.74, 6) is 1.38. The van der Waals surface area contributed by atoms with Gasteiger partial charge in [-0.15, -0.1) is 12.4 Å². The normalized spacial score (nSPS) is 17.8.